The van der Waals surface area contributed by atoms with Gasteiger partial charge in [0.2, 0.25) is 0 Å². The second-order valence-electron chi connectivity index (χ2n) is 6.11. The van der Waals surface area contributed by atoms with E-state index < -0.39 is 0 Å². The molecule has 0 bridgehead atoms. The van der Waals surface area contributed by atoms with Gasteiger partial charge in [0.1, 0.15) is 5.82 Å². The van der Waals surface area contributed by atoms with E-state index in [9.17, 15) is 4.79 Å². The van der Waals surface area contributed by atoms with Crippen LogP contribution in [-0.2, 0) is 0 Å². The van der Waals surface area contributed by atoms with Gasteiger partial charge in [0.25, 0.3) is 5.91 Å². The van der Waals surface area contributed by atoms with E-state index in [1.807, 2.05) is 12.1 Å². The van der Waals surface area contributed by atoms with Crippen LogP contribution < -0.4 is 16.0 Å². The van der Waals surface area contributed by atoms with E-state index in [0.29, 0.717) is 5.56 Å². The van der Waals surface area contributed by atoms with Crippen molar-refractivity contribution in [3.8, 4) is 0 Å². The highest BCUT2D eigenvalue weighted by molar-refractivity contribution is 6.07. The number of hydrogen-bond donors (Lipinski definition) is 2. The lowest BCUT2D eigenvalue weighted by atomic mass is 9.99. The minimum absolute atomic E-state index is 0.240. The summed E-state index contributed by atoms with van der Waals surface area (Å²) in [5.74, 6) is 0.814. The first-order valence-corrected chi connectivity index (χ1v) is 8.00. The van der Waals surface area contributed by atoms with E-state index in [1.165, 1.54) is 18.5 Å². The number of nitrogens with two attached hydrogens (primary N) is 1. The molecule has 23 heavy (non-hydrogen) atoms. The molecule has 0 saturated carbocycles. The molecule has 1 amide bonds. The SMILES string of the molecule is CC1CCN(c2ccc(NC(=O)c3cccnc3N)cc2)CC1. The minimum atomic E-state index is -0.241. The molecule has 0 spiro atoms. The van der Waals surface area contributed by atoms with Gasteiger partial charge in [-0.25, -0.2) is 4.98 Å². The molecule has 120 valence electrons. The van der Waals surface area contributed by atoms with Gasteiger partial charge in [0.05, 0.1) is 5.56 Å². The van der Waals surface area contributed by atoms with E-state index >= 15 is 0 Å². The molecule has 0 aliphatic carbocycles. The van der Waals surface area contributed by atoms with Gasteiger partial charge in [-0.05, 0) is 55.2 Å². The number of carbonyl (C=O) groups excluding carboxylic acids is 1. The first kappa shape index (κ1) is 15.3. The summed E-state index contributed by atoms with van der Waals surface area (Å²) in [6.07, 6.45) is 4.04. The smallest absolute Gasteiger partial charge is 0.259 e. The van der Waals surface area contributed by atoms with Gasteiger partial charge in [-0.3, -0.25) is 4.79 Å². The van der Waals surface area contributed by atoms with Crippen molar-refractivity contribution < 1.29 is 4.79 Å². The first-order valence-electron chi connectivity index (χ1n) is 8.00. The molecule has 5 heteroatoms. The van der Waals surface area contributed by atoms with Crippen molar-refractivity contribution in [1.29, 1.82) is 0 Å². The molecule has 5 nitrogen and oxygen atoms in total. The quantitative estimate of drug-likeness (QED) is 0.913. The number of amides is 1. The zero-order valence-corrected chi connectivity index (χ0v) is 13.3. The summed E-state index contributed by atoms with van der Waals surface area (Å²) in [6.45, 7) is 4.50. The van der Waals surface area contributed by atoms with Crippen molar-refractivity contribution in [2.24, 2.45) is 5.92 Å². The average Bonchev–Trinajstić information content (AvgIpc) is 2.57. The molecule has 1 aromatic carbocycles. The number of piperidine rings is 1. The Labute approximate surface area is 136 Å². The highest BCUT2D eigenvalue weighted by Crippen LogP contribution is 2.24. The van der Waals surface area contributed by atoms with Gasteiger partial charge < -0.3 is 16.0 Å². The average molecular weight is 310 g/mol. The lowest BCUT2D eigenvalue weighted by Gasteiger charge is -2.32. The molecule has 0 radical (unpaired) electrons. The lowest BCUT2D eigenvalue weighted by molar-refractivity contribution is 0.102. The lowest BCUT2D eigenvalue weighted by Crippen LogP contribution is -2.32. The second kappa shape index (κ2) is 6.69. The van der Waals surface area contributed by atoms with Crippen LogP contribution >= 0.6 is 0 Å². The fourth-order valence-electron chi connectivity index (χ4n) is 2.83. The van der Waals surface area contributed by atoms with Gasteiger partial charge >= 0.3 is 0 Å². The molecule has 0 atom stereocenters. The van der Waals surface area contributed by atoms with Crippen LogP contribution in [0.5, 0.6) is 0 Å². The third-order valence-corrected chi connectivity index (χ3v) is 4.36. The fraction of sp³-hybridized carbons (Fsp3) is 0.333. The zero-order chi connectivity index (χ0) is 16.2. The summed E-state index contributed by atoms with van der Waals surface area (Å²) in [4.78, 5) is 18.5. The number of hydrogen-bond acceptors (Lipinski definition) is 4. The van der Waals surface area contributed by atoms with E-state index in [1.54, 1.807) is 18.3 Å². The number of nitrogen functional groups attached to an aromatic ring is 1. The van der Waals surface area contributed by atoms with Gasteiger partial charge in [0, 0.05) is 30.7 Å². The molecule has 1 saturated heterocycles. The van der Waals surface area contributed by atoms with Crippen LogP contribution in [-0.4, -0.2) is 24.0 Å². The number of benzene rings is 1. The number of anilines is 3. The number of nitrogens with zero attached hydrogens (tertiary/aromatic N) is 2. The molecule has 3 rings (SSSR count). The zero-order valence-electron chi connectivity index (χ0n) is 13.3. The Kier molecular flexibility index (Phi) is 4.46. The van der Waals surface area contributed by atoms with Crippen LogP contribution in [0.2, 0.25) is 0 Å². The minimum Gasteiger partial charge on any atom is -0.383 e. The number of pyridine rings is 1. The monoisotopic (exact) mass is 310 g/mol. The van der Waals surface area contributed by atoms with Crippen LogP contribution in [0.15, 0.2) is 42.6 Å². The summed E-state index contributed by atoms with van der Waals surface area (Å²) < 4.78 is 0. The van der Waals surface area contributed by atoms with Gasteiger partial charge in [-0.15, -0.1) is 0 Å². The standard InChI is InChI=1S/C18H22N4O/c1-13-8-11-22(12-9-13)15-6-4-14(5-7-15)21-18(23)16-3-2-10-20-17(16)19/h2-7,10,13H,8-9,11-12H2,1H3,(H2,19,20)(H,21,23). The predicted octanol–water partition coefficient (Wildman–Crippen LogP) is 3.15. The summed E-state index contributed by atoms with van der Waals surface area (Å²) >= 11 is 0. The molecule has 1 fully saturated rings. The predicted molar refractivity (Wildman–Crippen MR) is 93.7 cm³/mol. The second-order valence-corrected chi connectivity index (χ2v) is 6.11. The summed E-state index contributed by atoms with van der Waals surface area (Å²) in [5.41, 5.74) is 8.08. The third kappa shape index (κ3) is 3.62. The van der Waals surface area contributed by atoms with Crippen LogP contribution in [0.1, 0.15) is 30.1 Å². The Morgan fingerprint density at radius 2 is 1.91 bits per heavy atom. The molecule has 1 aliphatic rings. The van der Waals surface area contributed by atoms with Crippen molar-refractivity contribution >= 4 is 23.1 Å². The maximum absolute atomic E-state index is 12.2. The Morgan fingerprint density at radius 3 is 2.57 bits per heavy atom. The molecular weight excluding hydrogens is 288 g/mol. The highest BCUT2D eigenvalue weighted by Gasteiger charge is 2.16. The Bertz CT molecular complexity index is 676. The highest BCUT2D eigenvalue weighted by atomic mass is 16.1. The van der Waals surface area contributed by atoms with Crippen LogP contribution in [0.4, 0.5) is 17.2 Å². The van der Waals surface area contributed by atoms with Gasteiger partial charge in [0.15, 0.2) is 0 Å². The number of rotatable bonds is 3. The maximum atomic E-state index is 12.2. The molecule has 1 aliphatic heterocycles. The van der Waals surface area contributed by atoms with E-state index in [4.69, 9.17) is 5.73 Å². The normalized spacial score (nSPS) is 15.4. The first-order chi connectivity index (χ1) is 11.1. The van der Waals surface area contributed by atoms with E-state index in [0.717, 1.165) is 24.7 Å². The molecule has 0 unspecified atom stereocenters. The Morgan fingerprint density at radius 1 is 1.22 bits per heavy atom. The van der Waals surface area contributed by atoms with Crippen molar-refractivity contribution in [3.05, 3.63) is 48.2 Å². The number of nitrogens with one attached hydrogen (secondary N) is 1. The summed E-state index contributed by atoms with van der Waals surface area (Å²) in [6, 6.07) is 11.3. The fourth-order valence-corrected chi connectivity index (χ4v) is 2.83. The Balaban J connectivity index is 1.66. The largest absolute Gasteiger partial charge is 0.383 e. The topological polar surface area (TPSA) is 71.2 Å². The molecule has 3 N–H and O–H groups in total. The summed E-state index contributed by atoms with van der Waals surface area (Å²) in [5, 5.41) is 2.86. The van der Waals surface area contributed by atoms with Crippen molar-refractivity contribution in [3.63, 3.8) is 0 Å². The maximum Gasteiger partial charge on any atom is 0.259 e. The third-order valence-electron chi connectivity index (χ3n) is 4.36. The van der Waals surface area contributed by atoms with Crippen LogP contribution in [0.25, 0.3) is 0 Å². The van der Waals surface area contributed by atoms with Crippen molar-refractivity contribution in [1.82, 2.24) is 4.98 Å². The van der Waals surface area contributed by atoms with Crippen LogP contribution in [0.3, 0.4) is 0 Å². The van der Waals surface area contributed by atoms with Crippen LogP contribution in [0, 0.1) is 5.92 Å². The van der Waals surface area contributed by atoms with Crippen molar-refractivity contribution in [2.75, 3.05) is 29.0 Å². The summed E-state index contributed by atoms with van der Waals surface area (Å²) in [7, 11) is 0. The van der Waals surface area contributed by atoms with E-state index in [2.05, 4.69) is 34.3 Å². The number of aromatic nitrogens is 1. The van der Waals surface area contributed by atoms with Crippen molar-refractivity contribution in [2.45, 2.75) is 19.8 Å². The Hall–Kier alpha value is -2.56. The molecule has 1 aromatic heterocycles. The van der Waals surface area contributed by atoms with Gasteiger partial charge in [-0.1, -0.05) is 6.92 Å². The van der Waals surface area contributed by atoms with Gasteiger partial charge in [-0.2, -0.15) is 0 Å². The van der Waals surface area contributed by atoms with E-state index in [-0.39, 0.29) is 11.7 Å². The molecular formula is C18H22N4O. The molecule has 2 heterocycles. The molecule has 2 aromatic rings. The number of carbonyl (C=O) groups is 1.